The summed E-state index contributed by atoms with van der Waals surface area (Å²) in [6.45, 7) is 3.58. The molecule has 1 atom stereocenters. The van der Waals surface area contributed by atoms with Gasteiger partial charge in [-0.25, -0.2) is 0 Å². The number of hydrogen-bond donors (Lipinski definition) is 0. The summed E-state index contributed by atoms with van der Waals surface area (Å²) < 4.78 is 0. The quantitative estimate of drug-likeness (QED) is 0.692. The number of amides is 1. The van der Waals surface area contributed by atoms with Gasteiger partial charge in [0.1, 0.15) is 11.3 Å². The lowest BCUT2D eigenvalue weighted by molar-refractivity contribution is -0.148. The van der Waals surface area contributed by atoms with Gasteiger partial charge in [-0.2, -0.15) is 0 Å². The second kappa shape index (κ2) is 4.17. The van der Waals surface area contributed by atoms with Crippen molar-refractivity contribution in [2.24, 2.45) is 0 Å². The van der Waals surface area contributed by atoms with Gasteiger partial charge in [0.15, 0.2) is 0 Å². The summed E-state index contributed by atoms with van der Waals surface area (Å²) in [6, 6.07) is 0. The largest absolute Gasteiger partial charge is 0.334 e. The average Bonchev–Trinajstić information content (AvgIpc) is 2.56. The molecule has 2 fully saturated rings. The number of carbonyl (C=O) groups excluding carboxylic acids is 2. The molecule has 2 saturated heterocycles. The van der Waals surface area contributed by atoms with Crippen LogP contribution in [-0.4, -0.2) is 53.7 Å². The Morgan fingerprint density at radius 3 is 2.50 bits per heavy atom. The number of ketones is 1. The smallest absolute Gasteiger partial charge is 0.243 e. The molecule has 2 heterocycles. The molecule has 0 saturated carbocycles. The summed E-state index contributed by atoms with van der Waals surface area (Å²) in [6.07, 6.45) is 4.02. The molecule has 0 aromatic heterocycles. The molecule has 0 aliphatic carbocycles. The Bertz CT molecular complexity index is 316. The van der Waals surface area contributed by atoms with Crippen LogP contribution in [0.4, 0.5) is 0 Å². The molecule has 4 heteroatoms. The van der Waals surface area contributed by atoms with Crippen LogP contribution < -0.4 is 0 Å². The molecule has 1 amide bonds. The maximum Gasteiger partial charge on any atom is 0.243 e. The standard InChI is InChI=1S/C12H20N2O2/c1-10(15)9-14-8-4-6-12(11(14)16)5-3-7-13(12)2/h3-9H2,1-2H3/t12-/m1/s1. The molecular formula is C12H20N2O2. The van der Waals surface area contributed by atoms with Gasteiger partial charge in [0.25, 0.3) is 0 Å². The number of nitrogens with zero attached hydrogens (tertiary/aromatic N) is 2. The summed E-state index contributed by atoms with van der Waals surface area (Å²) >= 11 is 0. The number of likely N-dealkylation sites (N-methyl/N-ethyl adjacent to an activating group) is 1. The number of Topliss-reactive ketones (excluding diaryl/α,β-unsaturated/α-hetero) is 1. The maximum atomic E-state index is 12.4. The van der Waals surface area contributed by atoms with Gasteiger partial charge in [0.2, 0.25) is 5.91 Å². The van der Waals surface area contributed by atoms with Crippen LogP contribution in [0.15, 0.2) is 0 Å². The van der Waals surface area contributed by atoms with Crippen LogP contribution >= 0.6 is 0 Å². The van der Waals surface area contributed by atoms with Gasteiger partial charge in [0, 0.05) is 6.54 Å². The first-order chi connectivity index (χ1) is 7.56. The van der Waals surface area contributed by atoms with Gasteiger partial charge >= 0.3 is 0 Å². The lowest BCUT2D eigenvalue weighted by atomic mass is 9.85. The normalized spacial score (nSPS) is 31.4. The molecule has 0 bridgehead atoms. The topological polar surface area (TPSA) is 40.6 Å². The highest BCUT2D eigenvalue weighted by Gasteiger charge is 2.49. The lowest BCUT2D eigenvalue weighted by Crippen LogP contribution is -2.59. The highest BCUT2D eigenvalue weighted by atomic mass is 16.2. The molecule has 90 valence electrons. The zero-order valence-corrected chi connectivity index (χ0v) is 10.2. The van der Waals surface area contributed by atoms with Crippen LogP contribution in [0.5, 0.6) is 0 Å². The minimum absolute atomic E-state index is 0.0750. The molecule has 4 nitrogen and oxygen atoms in total. The lowest BCUT2D eigenvalue weighted by Gasteiger charge is -2.43. The van der Waals surface area contributed by atoms with Gasteiger partial charge in [-0.05, 0) is 46.2 Å². The van der Waals surface area contributed by atoms with Crippen LogP contribution in [0.2, 0.25) is 0 Å². The number of hydrogen-bond acceptors (Lipinski definition) is 3. The molecule has 2 aliphatic rings. The van der Waals surface area contributed by atoms with E-state index in [4.69, 9.17) is 0 Å². The monoisotopic (exact) mass is 224 g/mol. The van der Waals surface area contributed by atoms with Gasteiger partial charge in [-0.3, -0.25) is 14.5 Å². The van der Waals surface area contributed by atoms with Crippen molar-refractivity contribution in [2.75, 3.05) is 26.7 Å². The first kappa shape index (κ1) is 11.6. The van der Waals surface area contributed by atoms with Crippen LogP contribution in [0.3, 0.4) is 0 Å². The van der Waals surface area contributed by atoms with Crippen molar-refractivity contribution in [3.05, 3.63) is 0 Å². The molecule has 2 rings (SSSR count). The first-order valence-corrected chi connectivity index (χ1v) is 6.06. The van der Waals surface area contributed by atoms with Crippen LogP contribution in [-0.2, 0) is 9.59 Å². The van der Waals surface area contributed by atoms with E-state index < -0.39 is 0 Å². The van der Waals surface area contributed by atoms with E-state index >= 15 is 0 Å². The fraction of sp³-hybridized carbons (Fsp3) is 0.833. The van der Waals surface area contributed by atoms with Crippen LogP contribution in [0.25, 0.3) is 0 Å². The second-order valence-electron chi connectivity index (χ2n) is 5.09. The summed E-state index contributed by atoms with van der Waals surface area (Å²) in [5.74, 6) is 0.250. The van der Waals surface area contributed by atoms with Crippen molar-refractivity contribution in [3.63, 3.8) is 0 Å². The Labute approximate surface area is 96.6 Å². The zero-order chi connectivity index (χ0) is 11.8. The predicted octanol–water partition coefficient (Wildman–Crippen LogP) is 0.662. The van der Waals surface area contributed by atoms with E-state index in [1.54, 1.807) is 11.8 Å². The minimum Gasteiger partial charge on any atom is -0.334 e. The van der Waals surface area contributed by atoms with E-state index in [-0.39, 0.29) is 23.8 Å². The summed E-state index contributed by atoms with van der Waals surface area (Å²) in [4.78, 5) is 27.5. The fourth-order valence-corrected chi connectivity index (χ4v) is 3.08. The van der Waals surface area contributed by atoms with E-state index in [1.165, 1.54) is 0 Å². The molecule has 0 aromatic carbocycles. The van der Waals surface area contributed by atoms with E-state index in [0.29, 0.717) is 0 Å². The number of carbonyl (C=O) groups is 2. The van der Waals surface area contributed by atoms with Crippen molar-refractivity contribution in [1.82, 2.24) is 9.80 Å². The van der Waals surface area contributed by atoms with Gasteiger partial charge in [-0.15, -0.1) is 0 Å². The number of likely N-dealkylation sites (tertiary alicyclic amines) is 2. The molecular weight excluding hydrogens is 204 g/mol. The van der Waals surface area contributed by atoms with E-state index in [2.05, 4.69) is 4.90 Å². The molecule has 2 aliphatic heterocycles. The summed E-state index contributed by atoms with van der Waals surface area (Å²) in [5.41, 5.74) is -0.284. The van der Waals surface area contributed by atoms with Crippen molar-refractivity contribution >= 4 is 11.7 Å². The molecule has 0 N–H and O–H groups in total. The van der Waals surface area contributed by atoms with Crippen LogP contribution in [0, 0.1) is 0 Å². The van der Waals surface area contributed by atoms with Crippen molar-refractivity contribution in [3.8, 4) is 0 Å². The Morgan fingerprint density at radius 1 is 1.31 bits per heavy atom. The fourth-order valence-electron chi connectivity index (χ4n) is 3.08. The third-order valence-electron chi connectivity index (χ3n) is 3.93. The highest BCUT2D eigenvalue weighted by Crippen LogP contribution is 2.36. The highest BCUT2D eigenvalue weighted by molar-refractivity contribution is 5.91. The van der Waals surface area contributed by atoms with Gasteiger partial charge < -0.3 is 4.90 Å². The predicted molar refractivity (Wildman–Crippen MR) is 61.1 cm³/mol. The van der Waals surface area contributed by atoms with E-state index in [9.17, 15) is 9.59 Å². The van der Waals surface area contributed by atoms with Crippen molar-refractivity contribution < 1.29 is 9.59 Å². The SMILES string of the molecule is CC(=O)CN1CCC[C@]2(CCCN2C)C1=O. The Balaban J connectivity index is 2.16. The maximum absolute atomic E-state index is 12.4. The summed E-state index contributed by atoms with van der Waals surface area (Å²) in [7, 11) is 2.03. The minimum atomic E-state index is -0.284. The Hall–Kier alpha value is -0.900. The first-order valence-electron chi connectivity index (χ1n) is 6.06. The molecule has 0 radical (unpaired) electrons. The third-order valence-corrected chi connectivity index (χ3v) is 3.93. The van der Waals surface area contributed by atoms with Crippen molar-refractivity contribution in [2.45, 2.75) is 38.1 Å². The van der Waals surface area contributed by atoms with Gasteiger partial charge in [-0.1, -0.05) is 0 Å². The number of piperidine rings is 1. The molecule has 16 heavy (non-hydrogen) atoms. The molecule has 0 unspecified atom stereocenters. The third kappa shape index (κ3) is 1.75. The number of rotatable bonds is 2. The van der Waals surface area contributed by atoms with Crippen LogP contribution in [0.1, 0.15) is 32.6 Å². The van der Waals surface area contributed by atoms with Crippen molar-refractivity contribution in [1.29, 1.82) is 0 Å². The van der Waals surface area contributed by atoms with Gasteiger partial charge in [0.05, 0.1) is 6.54 Å². The van der Waals surface area contributed by atoms with E-state index in [1.807, 2.05) is 7.05 Å². The Morgan fingerprint density at radius 2 is 1.94 bits per heavy atom. The second-order valence-corrected chi connectivity index (χ2v) is 5.09. The zero-order valence-electron chi connectivity index (χ0n) is 10.2. The Kier molecular flexibility index (Phi) is 3.02. The average molecular weight is 224 g/mol. The molecule has 1 spiro atoms. The van der Waals surface area contributed by atoms with E-state index in [0.717, 1.165) is 38.8 Å². The molecule has 0 aromatic rings. The summed E-state index contributed by atoms with van der Waals surface area (Å²) in [5, 5.41) is 0.